The van der Waals surface area contributed by atoms with Crippen LogP contribution in [0.5, 0.6) is 0 Å². The molecular formula is C25H38. The first-order valence-corrected chi connectivity index (χ1v) is 9.89. The molecule has 2 rings (SSSR count). The maximum atomic E-state index is 2.26. The fourth-order valence-electron chi connectivity index (χ4n) is 2.78. The second kappa shape index (κ2) is 10.4. The summed E-state index contributed by atoms with van der Waals surface area (Å²) in [5.41, 5.74) is 5.76. The van der Waals surface area contributed by atoms with Gasteiger partial charge >= 0.3 is 0 Å². The Morgan fingerprint density at radius 3 is 1.00 bits per heavy atom. The van der Waals surface area contributed by atoms with Crippen molar-refractivity contribution < 1.29 is 0 Å². The van der Waals surface area contributed by atoms with Gasteiger partial charge in [0.1, 0.15) is 0 Å². The third-order valence-electron chi connectivity index (χ3n) is 4.56. The fraction of sp³-hybridized carbons (Fsp3) is 0.520. The highest BCUT2D eigenvalue weighted by Gasteiger charge is 2.01. The minimum absolute atomic E-state index is 0.645. The van der Waals surface area contributed by atoms with Crippen molar-refractivity contribution >= 4 is 0 Å². The Kier molecular flexibility index (Phi) is 8.97. The van der Waals surface area contributed by atoms with E-state index in [1.807, 2.05) is 0 Å². The van der Waals surface area contributed by atoms with Crippen molar-refractivity contribution in [3.05, 3.63) is 70.8 Å². The standard InChI is InChI=1S/C13H20.C12H18/c1-10(2)9-12-5-7-13(8-6-12)11(3)4;1-9(2)11-5-7-12(8-6-11)10(3)4/h5-8,10-11H,9H2,1-4H3;5-10H,1-4H3. The van der Waals surface area contributed by atoms with Gasteiger partial charge in [-0.2, -0.15) is 0 Å². The van der Waals surface area contributed by atoms with Gasteiger partial charge in [-0.1, -0.05) is 104 Å². The van der Waals surface area contributed by atoms with Crippen molar-refractivity contribution in [1.29, 1.82) is 0 Å². The van der Waals surface area contributed by atoms with E-state index in [1.165, 1.54) is 28.7 Å². The van der Waals surface area contributed by atoms with Crippen molar-refractivity contribution in [2.45, 2.75) is 79.6 Å². The highest BCUT2D eigenvalue weighted by atomic mass is 14.1. The van der Waals surface area contributed by atoms with Gasteiger partial charge in [-0.25, -0.2) is 0 Å². The molecule has 0 atom stereocenters. The summed E-state index contributed by atoms with van der Waals surface area (Å²) in [5.74, 6) is 2.69. The van der Waals surface area contributed by atoms with Crippen molar-refractivity contribution in [2.24, 2.45) is 5.92 Å². The van der Waals surface area contributed by atoms with Gasteiger partial charge in [0.2, 0.25) is 0 Å². The zero-order valence-corrected chi connectivity index (χ0v) is 17.6. The lowest BCUT2D eigenvalue weighted by molar-refractivity contribution is 0.647. The minimum Gasteiger partial charge on any atom is -0.0625 e. The lowest BCUT2D eigenvalue weighted by atomic mass is 9.97. The molecule has 0 N–H and O–H groups in total. The van der Waals surface area contributed by atoms with Crippen molar-refractivity contribution in [3.8, 4) is 0 Å². The molecule has 0 heteroatoms. The van der Waals surface area contributed by atoms with Crippen molar-refractivity contribution in [3.63, 3.8) is 0 Å². The van der Waals surface area contributed by atoms with Gasteiger partial charge in [0.05, 0.1) is 0 Å². The molecule has 0 amide bonds. The van der Waals surface area contributed by atoms with Crippen LogP contribution in [0.2, 0.25) is 0 Å². The van der Waals surface area contributed by atoms with Gasteiger partial charge in [-0.3, -0.25) is 0 Å². The summed E-state index contributed by atoms with van der Waals surface area (Å²) < 4.78 is 0. The predicted octanol–water partition coefficient (Wildman–Crippen LogP) is 7.94. The van der Waals surface area contributed by atoms with E-state index in [1.54, 1.807) is 0 Å². The molecule has 2 aromatic carbocycles. The normalized spacial score (nSPS) is 11.2. The molecule has 0 radical (unpaired) electrons. The Morgan fingerprint density at radius 1 is 0.480 bits per heavy atom. The number of benzene rings is 2. The summed E-state index contributed by atoms with van der Waals surface area (Å²) >= 11 is 0. The van der Waals surface area contributed by atoms with E-state index in [0.717, 1.165) is 5.92 Å². The van der Waals surface area contributed by atoms with Crippen molar-refractivity contribution in [2.75, 3.05) is 0 Å². The molecule has 0 aliphatic rings. The van der Waals surface area contributed by atoms with Crippen molar-refractivity contribution in [1.82, 2.24) is 0 Å². The number of hydrogen-bond donors (Lipinski definition) is 0. The van der Waals surface area contributed by atoms with Crippen LogP contribution in [0, 0.1) is 5.92 Å². The van der Waals surface area contributed by atoms with Gasteiger partial charge in [-0.15, -0.1) is 0 Å². The van der Waals surface area contributed by atoms with Crippen LogP contribution in [-0.2, 0) is 6.42 Å². The van der Waals surface area contributed by atoms with E-state index in [4.69, 9.17) is 0 Å². The lowest BCUT2D eigenvalue weighted by Crippen LogP contribution is -1.94. The summed E-state index contributed by atoms with van der Waals surface area (Å²) in [7, 11) is 0. The third kappa shape index (κ3) is 7.90. The van der Waals surface area contributed by atoms with Crippen LogP contribution in [-0.4, -0.2) is 0 Å². The minimum atomic E-state index is 0.645. The van der Waals surface area contributed by atoms with Crippen LogP contribution in [0.25, 0.3) is 0 Å². The van der Waals surface area contributed by atoms with E-state index in [-0.39, 0.29) is 0 Å². The van der Waals surface area contributed by atoms with Crippen LogP contribution in [0.4, 0.5) is 0 Å². The Morgan fingerprint density at radius 2 is 0.760 bits per heavy atom. The van der Waals surface area contributed by atoms with E-state index in [2.05, 4.69) is 104 Å². The molecule has 0 saturated carbocycles. The van der Waals surface area contributed by atoms with Gasteiger partial charge in [-0.05, 0) is 52.3 Å². The molecule has 0 aliphatic carbocycles. The van der Waals surface area contributed by atoms with Gasteiger partial charge < -0.3 is 0 Å². The maximum absolute atomic E-state index is 2.26. The summed E-state index contributed by atoms with van der Waals surface area (Å²) in [4.78, 5) is 0. The van der Waals surface area contributed by atoms with Crippen LogP contribution in [0.15, 0.2) is 48.5 Å². The zero-order chi connectivity index (χ0) is 19.0. The largest absolute Gasteiger partial charge is 0.0625 e. The van der Waals surface area contributed by atoms with Crippen LogP contribution < -0.4 is 0 Å². The molecule has 0 bridgehead atoms. The fourth-order valence-corrected chi connectivity index (χ4v) is 2.78. The van der Waals surface area contributed by atoms with Gasteiger partial charge in [0, 0.05) is 0 Å². The summed E-state index contributed by atoms with van der Waals surface area (Å²) in [6.07, 6.45) is 1.19. The van der Waals surface area contributed by atoms with Gasteiger partial charge in [0.25, 0.3) is 0 Å². The van der Waals surface area contributed by atoms with E-state index in [0.29, 0.717) is 17.8 Å². The number of hydrogen-bond acceptors (Lipinski definition) is 0. The first kappa shape index (κ1) is 21.5. The molecule has 0 aromatic heterocycles. The van der Waals surface area contributed by atoms with E-state index in [9.17, 15) is 0 Å². The zero-order valence-electron chi connectivity index (χ0n) is 17.6. The molecule has 0 aliphatic heterocycles. The van der Waals surface area contributed by atoms with Crippen LogP contribution in [0.1, 0.15) is 95.4 Å². The smallest absolute Gasteiger partial charge is 0.0219 e. The molecule has 0 saturated heterocycles. The second-order valence-corrected chi connectivity index (χ2v) is 8.47. The maximum Gasteiger partial charge on any atom is -0.0219 e. The molecule has 2 aromatic rings. The first-order chi connectivity index (χ1) is 11.7. The molecule has 138 valence electrons. The molecule has 25 heavy (non-hydrogen) atoms. The Hall–Kier alpha value is -1.56. The Bertz CT molecular complexity index is 556. The first-order valence-electron chi connectivity index (χ1n) is 9.89. The average Bonchev–Trinajstić information content (AvgIpc) is 2.55. The lowest BCUT2D eigenvalue weighted by Gasteiger charge is -2.08. The van der Waals surface area contributed by atoms with Gasteiger partial charge in [0.15, 0.2) is 0 Å². The Labute approximate surface area is 156 Å². The third-order valence-corrected chi connectivity index (χ3v) is 4.56. The SMILES string of the molecule is CC(C)Cc1ccc(C(C)C)cc1.CC(C)c1ccc(C(C)C)cc1. The second-order valence-electron chi connectivity index (χ2n) is 8.47. The monoisotopic (exact) mass is 338 g/mol. The molecular weight excluding hydrogens is 300 g/mol. The Balaban J connectivity index is 0.000000251. The van der Waals surface area contributed by atoms with E-state index < -0.39 is 0 Å². The summed E-state index contributed by atoms with van der Waals surface area (Å²) in [5, 5.41) is 0. The molecule has 0 nitrogen and oxygen atoms in total. The molecule has 0 spiro atoms. The molecule has 0 fully saturated rings. The highest BCUT2D eigenvalue weighted by molar-refractivity contribution is 5.26. The average molecular weight is 339 g/mol. The topological polar surface area (TPSA) is 0 Å². The summed E-state index contributed by atoms with van der Waals surface area (Å²) in [6, 6.07) is 18.0. The van der Waals surface area contributed by atoms with Crippen LogP contribution >= 0.6 is 0 Å². The molecule has 0 unspecified atom stereocenters. The van der Waals surface area contributed by atoms with E-state index >= 15 is 0 Å². The highest BCUT2D eigenvalue weighted by Crippen LogP contribution is 2.19. The molecule has 0 heterocycles. The van der Waals surface area contributed by atoms with Crippen LogP contribution in [0.3, 0.4) is 0 Å². The summed E-state index contributed by atoms with van der Waals surface area (Å²) in [6.45, 7) is 17.9. The quantitative estimate of drug-likeness (QED) is 0.519. The number of rotatable bonds is 5. The predicted molar refractivity (Wildman–Crippen MR) is 114 cm³/mol.